The van der Waals surface area contributed by atoms with Gasteiger partial charge < -0.3 is 19.8 Å². The van der Waals surface area contributed by atoms with E-state index in [0.717, 1.165) is 10.8 Å². The highest BCUT2D eigenvalue weighted by Gasteiger charge is 2.17. The molecule has 8 nitrogen and oxygen atoms in total. The average Bonchev–Trinajstić information content (AvgIpc) is 2.70. The number of aromatic amines is 1. The van der Waals surface area contributed by atoms with Crippen molar-refractivity contribution in [2.24, 2.45) is 0 Å². The van der Waals surface area contributed by atoms with Gasteiger partial charge in [0.2, 0.25) is 0 Å². The normalized spacial score (nSPS) is 10.5. The van der Waals surface area contributed by atoms with E-state index in [9.17, 15) is 14.4 Å². The second kappa shape index (κ2) is 8.42. The highest BCUT2D eigenvalue weighted by molar-refractivity contribution is 6.42. The van der Waals surface area contributed by atoms with Crippen molar-refractivity contribution in [3.05, 3.63) is 79.0 Å². The molecule has 0 atom stereocenters. The number of carbonyl (C=O) groups excluding carboxylic acids is 1. The molecule has 0 aliphatic rings. The summed E-state index contributed by atoms with van der Waals surface area (Å²) < 4.78 is 11.2. The molecule has 0 unspecified atom stereocenters. The summed E-state index contributed by atoms with van der Waals surface area (Å²) in [6.07, 6.45) is 1.05. The zero-order chi connectivity index (χ0) is 21.1. The number of nitrogens with zero attached hydrogens (tertiary/aromatic N) is 1. The number of hydrogen-bond donors (Lipinski definition) is 2. The van der Waals surface area contributed by atoms with Gasteiger partial charge in [0.25, 0.3) is 11.5 Å². The van der Waals surface area contributed by atoms with E-state index in [1.54, 1.807) is 6.07 Å². The number of hydrogen-bond acceptors (Lipinski definition) is 5. The van der Waals surface area contributed by atoms with Crippen LogP contribution in [-0.4, -0.2) is 29.7 Å². The number of amides is 1. The molecule has 2 N–H and O–H groups in total. The van der Waals surface area contributed by atoms with Crippen LogP contribution in [0.4, 0.5) is 5.69 Å². The number of rotatable bonds is 5. The summed E-state index contributed by atoms with van der Waals surface area (Å²) in [7, 11) is 2.89. The van der Waals surface area contributed by atoms with Crippen LogP contribution in [0, 0.1) is 0 Å². The van der Waals surface area contributed by atoms with E-state index in [1.807, 2.05) is 0 Å². The Morgan fingerprint density at radius 1 is 1.00 bits per heavy atom. The van der Waals surface area contributed by atoms with Crippen molar-refractivity contribution in [2.45, 2.75) is 0 Å². The topological polar surface area (TPSA) is 102 Å². The average molecular weight is 436 g/mol. The highest BCUT2D eigenvalue weighted by Crippen LogP contribution is 2.28. The van der Waals surface area contributed by atoms with E-state index < -0.39 is 17.2 Å². The second-order valence-corrected chi connectivity index (χ2v) is 6.58. The van der Waals surface area contributed by atoms with E-state index in [0.29, 0.717) is 22.2 Å². The van der Waals surface area contributed by atoms with Gasteiger partial charge in [-0.15, -0.1) is 0 Å². The number of aromatic nitrogens is 2. The van der Waals surface area contributed by atoms with Crippen molar-refractivity contribution < 1.29 is 14.3 Å². The lowest BCUT2D eigenvalue weighted by atomic mass is 10.2. The van der Waals surface area contributed by atoms with Crippen molar-refractivity contribution in [1.82, 2.24) is 9.55 Å². The van der Waals surface area contributed by atoms with Gasteiger partial charge in [0.15, 0.2) is 11.5 Å². The monoisotopic (exact) mass is 435 g/mol. The lowest BCUT2D eigenvalue weighted by Gasteiger charge is -2.11. The first-order valence-electron chi connectivity index (χ1n) is 8.19. The number of H-pyrrole nitrogens is 1. The summed E-state index contributed by atoms with van der Waals surface area (Å²) in [5.74, 6) is 0.0232. The lowest BCUT2D eigenvalue weighted by molar-refractivity contribution is 0.102. The Kier molecular flexibility index (Phi) is 5.95. The first-order valence-corrected chi connectivity index (χ1v) is 8.95. The number of benzene rings is 2. The lowest BCUT2D eigenvalue weighted by Crippen LogP contribution is -2.38. The minimum atomic E-state index is -0.807. The van der Waals surface area contributed by atoms with Gasteiger partial charge in [-0.2, -0.15) is 0 Å². The van der Waals surface area contributed by atoms with E-state index in [2.05, 4.69) is 10.3 Å². The molecule has 1 heterocycles. The van der Waals surface area contributed by atoms with Crippen molar-refractivity contribution >= 4 is 34.8 Å². The quantitative estimate of drug-likeness (QED) is 0.640. The van der Waals surface area contributed by atoms with Gasteiger partial charge in [-0.1, -0.05) is 23.2 Å². The van der Waals surface area contributed by atoms with Crippen LogP contribution < -0.4 is 26.0 Å². The van der Waals surface area contributed by atoms with Gasteiger partial charge in [0.05, 0.1) is 30.0 Å². The summed E-state index contributed by atoms with van der Waals surface area (Å²) in [6, 6.07) is 8.98. The second-order valence-electron chi connectivity index (χ2n) is 5.77. The molecular weight excluding hydrogens is 421 g/mol. The summed E-state index contributed by atoms with van der Waals surface area (Å²) in [5, 5.41) is 3.11. The molecule has 3 rings (SSSR count). The van der Waals surface area contributed by atoms with Crippen LogP contribution in [0.5, 0.6) is 11.5 Å². The molecule has 3 aromatic rings. The summed E-state index contributed by atoms with van der Waals surface area (Å²) in [5.41, 5.74) is -1.25. The summed E-state index contributed by atoms with van der Waals surface area (Å²) in [6.45, 7) is 0. The Labute approximate surface area is 174 Å². The minimum absolute atomic E-state index is 0.207. The van der Waals surface area contributed by atoms with Gasteiger partial charge in [-0.05, 0) is 30.3 Å². The van der Waals surface area contributed by atoms with Crippen LogP contribution in [0.1, 0.15) is 10.4 Å². The molecule has 0 saturated carbocycles. The molecule has 0 spiro atoms. The van der Waals surface area contributed by atoms with Crippen molar-refractivity contribution in [3.8, 4) is 17.2 Å². The van der Waals surface area contributed by atoms with Crippen LogP contribution >= 0.6 is 23.2 Å². The van der Waals surface area contributed by atoms with E-state index >= 15 is 0 Å². The standard InChI is InChI=1S/C19H15Cl2N3O5/c1-28-15-6-4-11(8-16(15)29-2)24-18(26)12(9-22-19(24)27)17(25)23-10-3-5-13(20)14(21)7-10/h3-9H,1-2H3,(H,22,27)(H,23,25). The van der Waals surface area contributed by atoms with Crippen LogP contribution in [0.15, 0.2) is 52.2 Å². The maximum Gasteiger partial charge on any atom is 0.333 e. The molecule has 0 fully saturated rings. The summed E-state index contributed by atoms with van der Waals surface area (Å²) >= 11 is 11.8. The highest BCUT2D eigenvalue weighted by atomic mass is 35.5. The predicted molar refractivity (Wildman–Crippen MR) is 110 cm³/mol. The van der Waals surface area contributed by atoms with Crippen molar-refractivity contribution in [3.63, 3.8) is 0 Å². The van der Waals surface area contributed by atoms with E-state index in [-0.39, 0.29) is 16.3 Å². The third kappa shape index (κ3) is 4.13. The Morgan fingerprint density at radius 3 is 2.38 bits per heavy atom. The minimum Gasteiger partial charge on any atom is -0.493 e. The molecule has 10 heteroatoms. The Balaban J connectivity index is 2.03. The van der Waals surface area contributed by atoms with Crippen LogP contribution in [0.25, 0.3) is 5.69 Å². The number of methoxy groups -OCH3 is 2. The number of ether oxygens (including phenoxy) is 2. The molecule has 0 radical (unpaired) electrons. The molecular formula is C19H15Cl2N3O5. The fraction of sp³-hybridized carbons (Fsp3) is 0.105. The van der Waals surface area contributed by atoms with Crippen molar-refractivity contribution in [1.29, 1.82) is 0 Å². The van der Waals surface area contributed by atoms with E-state index in [4.69, 9.17) is 32.7 Å². The largest absolute Gasteiger partial charge is 0.493 e. The number of anilines is 1. The molecule has 0 bridgehead atoms. The van der Waals surface area contributed by atoms with Gasteiger partial charge >= 0.3 is 5.69 Å². The Bertz CT molecular complexity index is 1200. The number of halogens is 2. The fourth-order valence-corrected chi connectivity index (χ4v) is 2.90. The third-order valence-corrected chi connectivity index (χ3v) is 4.76. The first kappa shape index (κ1) is 20.5. The molecule has 0 aliphatic heterocycles. The van der Waals surface area contributed by atoms with Gasteiger partial charge in [0.1, 0.15) is 5.56 Å². The number of nitrogens with one attached hydrogen (secondary N) is 2. The van der Waals surface area contributed by atoms with Crippen LogP contribution in [0.3, 0.4) is 0 Å². The van der Waals surface area contributed by atoms with Crippen molar-refractivity contribution in [2.75, 3.05) is 19.5 Å². The van der Waals surface area contributed by atoms with E-state index in [1.165, 1.54) is 44.6 Å². The molecule has 2 aromatic carbocycles. The smallest absolute Gasteiger partial charge is 0.333 e. The molecule has 0 saturated heterocycles. The Hall–Kier alpha value is -3.23. The number of carbonyl (C=O) groups is 1. The summed E-state index contributed by atoms with van der Waals surface area (Å²) in [4.78, 5) is 40.1. The van der Waals surface area contributed by atoms with Gasteiger partial charge in [-0.25, -0.2) is 9.36 Å². The molecule has 29 heavy (non-hydrogen) atoms. The maximum atomic E-state index is 12.9. The molecule has 1 amide bonds. The molecule has 1 aromatic heterocycles. The fourth-order valence-electron chi connectivity index (χ4n) is 2.61. The third-order valence-electron chi connectivity index (χ3n) is 4.02. The molecule has 150 valence electrons. The van der Waals surface area contributed by atoms with Crippen LogP contribution in [0.2, 0.25) is 10.0 Å². The zero-order valence-corrected chi connectivity index (χ0v) is 16.8. The van der Waals surface area contributed by atoms with Gasteiger partial charge in [-0.3, -0.25) is 9.59 Å². The Morgan fingerprint density at radius 2 is 1.72 bits per heavy atom. The van der Waals surface area contributed by atoms with Gasteiger partial charge in [0, 0.05) is 18.0 Å². The first-order chi connectivity index (χ1) is 13.8. The zero-order valence-electron chi connectivity index (χ0n) is 15.3. The maximum absolute atomic E-state index is 12.9. The SMILES string of the molecule is COc1ccc(-n2c(=O)[nH]cc(C(=O)Nc3ccc(Cl)c(Cl)c3)c2=O)cc1OC. The van der Waals surface area contributed by atoms with Crippen LogP contribution in [-0.2, 0) is 0 Å². The molecule has 0 aliphatic carbocycles. The predicted octanol–water partition coefficient (Wildman–Crippen LogP) is 3.10.